The number of methoxy groups -OCH3 is 2. The van der Waals surface area contributed by atoms with Gasteiger partial charge in [-0.15, -0.1) is 0 Å². The second-order valence-electron chi connectivity index (χ2n) is 7.61. The van der Waals surface area contributed by atoms with Gasteiger partial charge in [-0.2, -0.15) is 0 Å². The SMILES string of the molecule is COc1ccc(OC)c(/C(O)=C2\C(=O)C(=O)N(c3ccccc3C)C2c2ccc(O)cc2)c1. The fourth-order valence-corrected chi connectivity index (χ4v) is 4.03. The van der Waals surface area contributed by atoms with Crippen molar-refractivity contribution in [3.05, 3.63) is 89.0 Å². The molecule has 3 aromatic carbocycles. The average molecular weight is 445 g/mol. The smallest absolute Gasteiger partial charge is 0.300 e. The van der Waals surface area contributed by atoms with Crippen molar-refractivity contribution >= 4 is 23.1 Å². The van der Waals surface area contributed by atoms with Crippen LogP contribution in [0.2, 0.25) is 0 Å². The van der Waals surface area contributed by atoms with E-state index in [-0.39, 0.29) is 22.6 Å². The standard InChI is InChI=1S/C26H23NO6/c1-15-6-4-5-7-20(15)27-23(16-8-10-17(28)11-9-16)22(25(30)26(27)31)24(29)19-14-18(32-2)12-13-21(19)33-3/h4-14,23,28-29H,1-3H3/b24-22+. The summed E-state index contributed by atoms with van der Waals surface area (Å²) in [6.07, 6.45) is 0. The normalized spacial score (nSPS) is 17.3. The lowest BCUT2D eigenvalue weighted by Crippen LogP contribution is -2.30. The van der Waals surface area contributed by atoms with E-state index in [1.54, 1.807) is 42.5 Å². The van der Waals surface area contributed by atoms with E-state index in [0.717, 1.165) is 5.56 Å². The Morgan fingerprint density at radius 2 is 1.64 bits per heavy atom. The second-order valence-corrected chi connectivity index (χ2v) is 7.61. The molecule has 1 aliphatic rings. The number of anilines is 1. The molecule has 1 heterocycles. The molecule has 33 heavy (non-hydrogen) atoms. The summed E-state index contributed by atoms with van der Waals surface area (Å²) in [6, 6.07) is 17.3. The van der Waals surface area contributed by atoms with E-state index in [4.69, 9.17) is 9.47 Å². The van der Waals surface area contributed by atoms with Crippen molar-refractivity contribution < 1.29 is 29.3 Å². The molecule has 1 saturated heterocycles. The molecule has 0 aromatic heterocycles. The number of Topliss-reactive ketones (excluding diaryl/α,β-unsaturated/α-hetero) is 1. The Labute approximate surface area is 191 Å². The molecule has 1 amide bonds. The number of nitrogens with zero attached hydrogens (tertiary/aromatic N) is 1. The minimum Gasteiger partial charge on any atom is -0.508 e. The Hall–Kier alpha value is -4.26. The number of benzene rings is 3. The maximum Gasteiger partial charge on any atom is 0.300 e. The third-order valence-corrected chi connectivity index (χ3v) is 5.69. The molecular weight excluding hydrogens is 422 g/mol. The van der Waals surface area contributed by atoms with E-state index in [2.05, 4.69) is 0 Å². The van der Waals surface area contributed by atoms with Gasteiger partial charge in [0.1, 0.15) is 23.0 Å². The van der Waals surface area contributed by atoms with Crippen LogP contribution in [0.5, 0.6) is 17.2 Å². The molecule has 1 fully saturated rings. The summed E-state index contributed by atoms with van der Waals surface area (Å²) in [5.41, 5.74) is 2.04. The fraction of sp³-hybridized carbons (Fsp3) is 0.154. The van der Waals surface area contributed by atoms with Crippen LogP contribution in [0.4, 0.5) is 5.69 Å². The highest BCUT2D eigenvalue weighted by Gasteiger charge is 2.47. The first-order valence-electron chi connectivity index (χ1n) is 10.2. The van der Waals surface area contributed by atoms with Crippen LogP contribution >= 0.6 is 0 Å². The molecule has 0 aliphatic carbocycles. The largest absolute Gasteiger partial charge is 0.508 e. The van der Waals surface area contributed by atoms with Crippen LogP contribution in [0, 0.1) is 6.92 Å². The Balaban J connectivity index is 2.00. The van der Waals surface area contributed by atoms with Gasteiger partial charge in [-0.05, 0) is 54.4 Å². The van der Waals surface area contributed by atoms with Crippen LogP contribution in [-0.2, 0) is 9.59 Å². The number of aliphatic hydroxyl groups excluding tert-OH is 1. The van der Waals surface area contributed by atoms with Gasteiger partial charge in [0, 0.05) is 5.69 Å². The summed E-state index contributed by atoms with van der Waals surface area (Å²) in [5.74, 6) is -1.14. The third-order valence-electron chi connectivity index (χ3n) is 5.69. The topological polar surface area (TPSA) is 96.3 Å². The van der Waals surface area contributed by atoms with Gasteiger partial charge in [-0.3, -0.25) is 14.5 Å². The molecule has 4 rings (SSSR count). The van der Waals surface area contributed by atoms with Crippen LogP contribution in [0.15, 0.2) is 72.3 Å². The van der Waals surface area contributed by atoms with Crippen molar-refractivity contribution in [2.45, 2.75) is 13.0 Å². The number of phenolic OH excluding ortho intramolecular Hbond substituents is 1. The first-order valence-corrected chi connectivity index (χ1v) is 10.2. The lowest BCUT2D eigenvalue weighted by molar-refractivity contribution is -0.132. The van der Waals surface area contributed by atoms with E-state index in [0.29, 0.717) is 22.7 Å². The molecule has 1 atom stereocenters. The zero-order valence-electron chi connectivity index (χ0n) is 18.4. The van der Waals surface area contributed by atoms with Gasteiger partial charge in [-0.25, -0.2) is 0 Å². The number of aliphatic hydroxyl groups is 1. The average Bonchev–Trinajstić information content (AvgIpc) is 3.09. The van der Waals surface area contributed by atoms with Gasteiger partial charge < -0.3 is 19.7 Å². The Bertz CT molecular complexity index is 1260. The number of carbonyl (C=O) groups excluding carboxylic acids is 2. The summed E-state index contributed by atoms with van der Waals surface area (Å²) < 4.78 is 10.6. The van der Waals surface area contributed by atoms with Crippen molar-refractivity contribution in [2.24, 2.45) is 0 Å². The zero-order valence-corrected chi connectivity index (χ0v) is 18.4. The molecule has 168 valence electrons. The van der Waals surface area contributed by atoms with Gasteiger partial charge in [0.2, 0.25) is 0 Å². The highest BCUT2D eigenvalue weighted by atomic mass is 16.5. The number of aryl methyl sites for hydroxylation is 1. The van der Waals surface area contributed by atoms with E-state index in [1.807, 2.05) is 19.1 Å². The highest BCUT2D eigenvalue weighted by Crippen LogP contribution is 2.44. The fourth-order valence-electron chi connectivity index (χ4n) is 4.03. The number of hydrogen-bond donors (Lipinski definition) is 2. The van der Waals surface area contributed by atoms with Crippen molar-refractivity contribution in [1.82, 2.24) is 0 Å². The molecule has 3 aromatic rings. The summed E-state index contributed by atoms with van der Waals surface area (Å²) in [4.78, 5) is 27.9. The summed E-state index contributed by atoms with van der Waals surface area (Å²) >= 11 is 0. The summed E-state index contributed by atoms with van der Waals surface area (Å²) in [5, 5.41) is 21.1. The molecule has 1 aliphatic heterocycles. The van der Waals surface area contributed by atoms with Gasteiger partial charge >= 0.3 is 0 Å². The Kier molecular flexibility index (Phi) is 5.79. The molecule has 0 saturated carbocycles. The highest BCUT2D eigenvalue weighted by molar-refractivity contribution is 6.51. The van der Waals surface area contributed by atoms with Crippen molar-refractivity contribution in [1.29, 1.82) is 0 Å². The monoisotopic (exact) mass is 445 g/mol. The number of phenols is 1. The van der Waals surface area contributed by atoms with Crippen molar-refractivity contribution in [3.8, 4) is 17.2 Å². The maximum absolute atomic E-state index is 13.3. The number of aromatic hydroxyl groups is 1. The molecule has 0 radical (unpaired) electrons. The molecule has 0 bridgehead atoms. The molecule has 2 N–H and O–H groups in total. The van der Waals surface area contributed by atoms with Crippen LogP contribution < -0.4 is 14.4 Å². The first-order chi connectivity index (χ1) is 15.9. The first kappa shape index (κ1) is 22.0. The van der Waals surface area contributed by atoms with Gasteiger partial charge in [0.05, 0.1) is 31.4 Å². The van der Waals surface area contributed by atoms with Crippen LogP contribution in [0.1, 0.15) is 22.7 Å². The lowest BCUT2D eigenvalue weighted by Gasteiger charge is -2.27. The van der Waals surface area contributed by atoms with E-state index >= 15 is 0 Å². The zero-order chi connectivity index (χ0) is 23.7. The summed E-state index contributed by atoms with van der Waals surface area (Å²) in [7, 11) is 2.93. The van der Waals surface area contributed by atoms with E-state index in [1.165, 1.54) is 31.3 Å². The second kappa shape index (κ2) is 8.70. The number of ketones is 1. The van der Waals surface area contributed by atoms with Gasteiger partial charge in [0.15, 0.2) is 0 Å². The number of ether oxygens (including phenoxy) is 2. The molecule has 7 nitrogen and oxygen atoms in total. The number of para-hydroxylation sites is 1. The Morgan fingerprint density at radius 3 is 2.27 bits per heavy atom. The number of amides is 1. The van der Waals surface area contributed by atoms with Crippen LogP contribution in [0.3, 0.4) is 0 Å². The third kappa shape index (κ3) is 3.78. The number of carbonyl (C=O) groups is 2. The molecule has 7 heteroatoms. The predicted molar refractivity (Wildman–Crippen MR) is 124 cm³/mol. The number of hydrogen-bond acceptors (Lipinski definition) is 6. The van der Waals surface area contributed by atoms with Crippen molar-refractivity contribution in [2.75, 3.05) is 19.1 Å². The Morgan fingerprint density at radius 1 is 0.939 bits per heavy atom. The summed E-state index contributed by atoms with van der Waals surface area (Å²) in [6.45, 7) is 1.84. The minimum atomic E-state index is -0.914. The van der Waals surface area contributed by atoms with Gasteiger partial charge in [0.25, 0.3) is 11.7 Å². The van der Waals surface area contributed by atoms with Crippen LogP contribution in [-0.4, -0.2) is 36.1 Å². The quantitative estimate of drug-likeness (QED) is 0.345. The van der Waals surface area contributed by atoms with E-state index in [9.17, 15) is 19.8 Å². The maximum atomic E-state index is 13.3. The minimum absolute atomic E-state index is 0.0426. The molecule has 0 spiro atoms. The van der Waals surface area contributed by atoms with Crippen LogP contribution in [0.25, 0.3) is 5.76 Å². The predicted octanol–water partition coefficient (Wildman–Crippen LogP) is 4.34. The molecule has 1 unspecified atom stereocenters. The van der Waals surface area contributed by atoms with Crippen molar-refractivity contribution in [3.63, 3.8) is 0 Å². The number of rotatable bonds is 5. The van der Waals surface area contributed by atoms with Gasteiger partial charge in [-0.1, -0.05) is 30.3 Å². The molecular formula is C26H23NO6. The lowest BCUT2D eigenvalue weighted by atomic mass is 9.94. The van der Waals surface area contributed by atoms with E-state index < -0.39 is 17.7 Å².